The average Bonchev–Trinajstić information content (AvgIpc) is 2.84. The molecule has 0 bridgehead atoms. The second kappa shape index (κ2) is 20.9. The second-order valence-corrected chi connectivity index (χ2v) is 10.1. The average molecular weight is 489 g/mol. The molecule has 194 valence electrons. The van der Waals surface area contributed by atoms with Crippen molar-refractivity contribution in [2.45, 2.75) is 136 Å². The van der Waals surface area contributed by atoms with Crippen LogP contribution in [0, 0.1) is 0 Å². The number of rotatable bonds is 21. The lowest BCUT2D eigenvalue weighted by molar-refractivity contribution is -0.116. The van der Waals surface area contributed by atoms with E-state index in [4.69, 9.17) is 12.2 Å². The fourth-order valence-electron chi connectivity index (χ4n) is 4.32. The Morgan fingerprint density at radius 2 is 1.26 bits per heavy atom. The second-order valence-electron chi connectivity index (χ2n) is 9.73. The molecule has 0 unspecified atom stereocenters. The summed E-state index contributed by atoms with van der Waals surface area (Å²) in [5.74, 6) is 0.121. The number of benzene rings is 1. The molecule has 4 heteroatoms. The standard InChI is InChI=1S/C30H52N2OS/c1-4-7-9-10-11-12-13-14-15-16-17-18-19-20-21-29(33)32-28-25-27(23-22-26(28)6-3)30(34)31-24-8-5-2/h22-23,25H,4-21,24H2,1-3H3,(H,31,34)(H,32,33). The summed E-state index contributed by atoms with van der Waals surface area (Å²) in [7, 11) is 0. The summed E-state index contributed by atoms with van der Waals surface area (Å²) in [5.41, 5.74) is 3.06. The third kappa shape index (κ3) is 14.8. The Labute approximate surface area is 216 Å². The third-order valence-corrected chi connectivity index (χ3v) is 6.98. The number of hydrogen-bond acceptors (Lipinski definition) is 2. The van der Waals surface area contributed by atoms with Crippen molar-refractivity contribution in [2.24, 2.45) is 0 Å². The molecule has 0 heterocycles. The first kappa shape index (κ1) is 30.6. The normalized spacial score (nSPS) is 10.9. The zero-order valence-corrected chi connectivity index (χ0v) is 23.3. The van der Waals surface area contributed by atoms with Gasteiger partial charge in [0.1, 0.15) is 4.99 Å². The Balaban J connectivity index is 2.17. The van der Waals surface area contributed by atoms with Gasteiger partial charge in [0, 0.05) is 24.2 Å². The SMILES string of the molecule is CCCCCCCCCCCCCCCCC(=O)Nc1cc(C(=S)NCCCC)ccc1CC. The number of thiocarbonyl (C=S) groups is 1. The molecule has 0 aromatic heterocycles. The van der Waals surface area contributed by atoms with Crippen molar-refractivity contribution in [3.05, 3.63) is 29.3 Å². The van der Waals surface area contributed by atoms with Crippen molar-refractivity contribution >= 4 is 28.8 Å². The summed E-state index contributed by atoms with van der Waals surface area (Å²) < 4.78 is 0. The maximum atomic E-state index is 12.5. The molecule has 0 fully saturated rings. The molecule has 2 N–H and O–H groups in total. The first-order valence-corrected chi connectivity index (χ1v) is 14.7. The fourth-order valence-corrected chi connectivity index (χ4v) is 4.54. The summed E-state index contributed by atoms with van der Waals surface area (Å²) >= 11 is 5.53. The molecule has 1 rings (SSSR count). The quantitative estimate of drug-likeness (QED) is 0.134. The third-order valence-electron chi connectivity index (χ3n) is 6.60. The zero-order valence-electron chi connectivity index (χ0n) is 22.5. The molecule has 1 aromatic carbocycles. The highest BCUT2D eigenvalue weighted by atomic mass is 32.1. The monoisotopic (exact) mass is 488 g/mol. The van der Waals surface area contributed by atoms with Crippen molar-refractivity contribution in [3.8, 4) is 0 Å². The van der Waals surface area contributed by atoms with Gasteiger partial charge in [-0.15, -0.1) is 0 Å². The topological polar surface area (TPSA) is 41.1 Å². The smallest absolute Gasteiger partial charge is 0.224 e. The molecule has 0 atom stereocenters. The van der Waals surface area contributed by atoms with E-state index in [1.165, 1.54) is 77.0 Å². The van der Waals surface area contributed by atoms with Gasteiger partial charge in [-0.1, -0.05) is 135 Å². The van der Waals surface area contributed by atoms with Crippen LogP contribution in [-0.2, 0) is 11.2 Å². The minimum atomic E-state index is 0.121. The number of carbonyl (C=O) groups excluding carboxylic acids is 1. The molecule has 0 aliphatic heterocycles. The Morgan fingerprint density at radius 1 is 0.735 bits per heavy atom. The predicted octanol–water partition coefficient (Wildman–Crippen LogP) is 9.12. The molecule has 0 saturated carbocycles. The van der Waals surface area contributed by atoms with E-state index in [0.717, 1.165) is 60.5 Å². The maximum Gasteiger partial charge on any atom is 0.224 e. The molecular formula is C30H52N2OS. The van der Waals surface area contributed by atoms with E-state index >= 15 is 0 Å². The number of unbranched alkanes of at least 4 members (excludes halogenated alkanes) is 14. The molecule has 1 amide bonds. The first-order valence-electron chi connectivity index (χ1n) is 14.3. The van der Waals surface area contributed by atoms with Gasteiger partial charge in [0.15, 0.2) is 0 Å². The maximum absolute atomic E-state index is 12.5. The highest BCUT2D eigenvalue weighted by Gasteiger charge is 2.09. The number of carbonyl (C=O) groups is 1. The van der Waals surface area contributed by atoms with Gasteiger partial charge in [-0.25, -0.2) is 0 Å². The van der Waals surface area contributed by atoms with E-state index < -0.39 is 0 Å². The van der Waals surface area contributed by atoms with Crippen LogP contribution in [0.15, 0.2) is 18.2 Å². The summed E-state index contributed by atoms with van der Waals surface area (Å²) in [5, 5.41) is 6.46. The molecule has 1 aromatic rings. The summed E-state index contributed by atoms with van der Waals surface area (Å²) in [6.07, 6.45) is 22.4. The van der Waals surface area contributed by atoms with Crippen molar-refractivity contribution in [1.82, 2.24) is 5.32 Å². The van der Waals surface area contributed by atoms with Crippen molar-refractivity contribution in [2.75, 3.05) is 11.9 Å². The van der Waals surface area contributed by atoms with Crippen LogP contribution in [0.3, 0.4) is 0 Å². The molecule has 0 spiro atoms. The van der Waals surface area contributed by atoms with Crippen LogP contribution in [0.1, 0.15) is 141 Å². The van der Waals surface area contributed by atoms with Crippen LogP contribution in [0.25, 0.3) is 0 Å². The lowest BCUT2D eigenvalue weighted by Gasteiger charge is -2.14. The van der Waals surface area contributed by atoms with Gasteiger partial charge in [-0.2, -0.15) is 0 Å². The van der Waals surface area contributed by atoms with E-state index in [1.54, 1.807) is 0 Å². The number of anilines is 1. The van der Waals surface area contributed by atoms with Gasteiger partial charge >= 0.3 is 0 Å². The Kier molecular flexibility index (Phi) is 18.8. The molecule has 3 nitrogen and oxygen atoms in total. The first-order chi connectivity index (χ1) is 16.6. The van der Waals surface area contributed by atoms with Gasteiger partial charge < -0.3 is 10.6 Å². The predicted molar refractivity (Wildman–Crippen MR) is 154 cm³/mol. The summed E-state index contributed by atoms with van der Waals surface area (Å²) in [4.78, 5) is 13.3. The lowest BCUT2D eigenvalue weighted by Crippen LogP contribution is -2.23. The molecule has 34 heavy (non-hydrogen) atoms. The molecule has 0 aliphatic rings. The molecule has 0 radical (unpaired) electrons. The number of hydrogen-bond donors (Lipinski definition) is 2. The number of aryl methyl sites for hydroxylation is 1. The van der Waals surface area contributed by atoms with Crippen LogP contribution < -0.4 is 10.6 Å². The molecule has 0 aliphatic carbocycles. The van der Waals surface area contributed by atoms with E-state index in [0.29, 0.717) is 6.42 Å². The molecular weight excluding hydrogens is 436 g/mol. The highest BCUT2D eigenvalue weighted by molar-refractivity contribution is 7.80. The highest BCUT2D eigenvalue weighted by Crippen LogP contribution is 2.20. The van der Waals surface area contributed by atoms with Gasteiger partial charge in [-0.05, 0) is 30.9 Å². The minimum absolute atomic E-state index is 0.121. The number of amides is 1. The molecule has 0 saturated heterocycles. The van der Waals surface area contributed by atoms with E-state index in [2.05, 4.69) is 43.5 Å². The van der Waals surface area contributed by atoms with Crippen LogP contribution in [-0.4, -0.2) is 17.4 Å². The summed E-state index contributed by atoms with van der Waals surface area (Å²) in [6, 6.07) is 6.18. The Bertz CT molecular complexity index is 674. The van der Waals surface area contributed by atoms with Gasteiger partial charge in [0.05, 0.1) is 0 Å². The van der Waals surface area contributed by atoms with E-state index in [9.17, 15) is 4.79 Å². The van der Waals surface area contributed by atoms with Crippen LogP contribution in [0.2, 0.25) is 0 Å². The van der Waals surface area contributed by atoms with Crippen LogP contribution in [0.4, 0.5) is 5.69 Å². The van der Waals surface area contributed by atoms with Crippen molar-refractivity contribution in [1.29, 1.82) is 0 Å². The van der Waals surface area contributed by atoms with E-state index in [-0.39, 0.29) is 5.91 Å². The fraction of sp³-hybridized carbons (Fsp3) is 0.733. The van der Waals surface area contributed by atoms with E-state index in [1.807, 2.05) is 6.07 Å². The van der Waals surface area contributed by atoms with Gasteiger partial charge in [0.2, 0.25) is 5.91 Å². The Morgan fingerprint density at radius 3 is 1.79 bits per heavy atom. The van der Waals surface area contributed by atoms with Gasteiger partial charge in [-0.3, -0.25) is 4.79 Å². The van der Waals surface area contributed by atoms with Crippen LogP contribution in [0.5, 0.6) is 0 Å². The zero-order chi connectivity index (χ0) is 24.9. The van der Waals surface area contributed by atoms with Crippen molar-refractivity contribution < 1.29 is 4.79 Å². The number of nitrogens with one attached hydrogen (secondary N) is 2. The minimum Gasteiger partial charge on any atom is -0.376 e. The van der Waals surface area contributed by atoms with Gasteiger partial charge in [0.25, 0.3) is 0 Å². The lowest BCUT2D eigenvalue weighted by atomic mass is 10.0. The van der Waals surface area contributed by atoms with Crippen LogP contribution >= 0.6 is 12.2 Å². The summed E-state index contributed by atoms with van der Waals surface area (Å²) in [6.45, 7) is 7.47. The largest absolute Gasteiger partial charge is 0.376 e. The van der Waals surface area contributed by atoms with Crippen molar-refractivity contribution in [3.63, 3.8) is 0 Å². The Hall–Kier alpha value is -1.42.